The van der Waals surface area contributed by atoms with Gasteiger partial charge in [-0.3, -0.25) is 0 Å². The van der Waals surface area contributed by atoms with E-state index in [0.29, 0.717) is 0 Å². The Hall–Kier alpha value is -1.28. The first-order chi connectivity index (χ1) is 7.19. The van der Waals surface area contributed by atoms with Crippen LogP contribution in [0.1, 0.15) is 22.5 Å². The summed E-state index contributed by atoms with van der Waals surface area (Å²) >= 11 is 5.61. The van der Waals surface area contributed by atoms with E-state index >= 15 is 0 Å². The number of alkyl halides is 3. The van der Waals surface area contributed by atoms with Gasteiger partial charge in [-0.05, 0) is 0 Å². The molecule has 15 heavy (non-hydrogen) atoms. The van der Waals surface area contributed by atoms with Crippen LogP contribution in [-0.4, -0.2) is 4.98 Å². The largest absolute Gasteiger partial charge is 0.246 e. The van der Waals surface area contributed by atoms with Gasteiger partial charge in [-0.15, -0.1) is 0 Å². The van der Waals surface area contributed by atoms with Crippen molar-refractivity contribution in [3.63, 3.8) is 0 Å². The lowest BCUT2D eigenvalue weighted by Gasteiger charge is -2.09. The lowest BCUT2D eigenvalue weighted by molar-refractivity contribution is 0.430. The van der Waals surface area contributed by atoms with Gasteiger partial charge < -0.3 is 0 Å². The fraction of sp³-hybridized carbons (Fsp3) is 0.333. The average Bonchev–Trinajstić information content (AvgIpc) is 2.28. The van der Waals surface area contributed by atoms with Gasteiger partial charge in [-0.2, -0.15) is 5.26 Å². The van der Waals surface area contributed by atoms with Gasteiger partial charge in [0.15, 0.2) is 5.69 Å². The average molecular weight is 235 g/mol. The Morgan fingerprint density at radius 2 is 1.73 bits per heavy atom. The molecule has 0 unspecified atom stereocenters. The molecular formula is C9H6ClF3N2. The lowest BCUT2D eigenvalue weighted by Crippen LogP contribution is -2.03. The van der Waals surface area contributed by atoms with Crippen molar-refractivity contribution in [2.45, 2.75) is 20.0 Å². The van der Waals surface area contributed by atoms with Gasteiger partial charge in [0.05, 0.1) is 10.7 Å². The normalized spacial score (nSPS) is 10.1. The van der Waals surface area contributed by atoms with E-state index in [-0.39, 0.29) is 27.5 Å². The SMILES string of the molecule is N#Cc1nc(CF)c(CF)c(CF)c1Cl. The van der Waals surface area contributed by atoms with Crippen LogP contribution in [-0.2, 0) is 20.0 Å². The molecule has 0 aliphatic heterocycles. The van der Waals surface area contributed by atoms with E-state index in [1.807, 2.05) is 0 Å². The molecule has 0 saturated carbocycles. The van der Waals surface area contributed by atoms with E-state index in [1.165, 1.54) is 0 Å². The Morgan fingerprint density at radius 1 is 1.13 bits per heavy atom. The Morgan fingerprint density at radius 3 is 2.13 bits per heavy atom. The number of nitrogens with zero attached hydrogens (tertiary/aromatic N) is 2. The summed E-state index contributed by atoms with van der Waals surface area (Å²) in [6, 6.07) is 1.60. The molecule has 0 aliphatic carbocycles. The second kappa shape index (κ2) is 4.99. The van der Waals surface area contributed by atoms with Crippen LogP contribution in [0.3, 0.4) is 0 Å². The third-order valence-electron chi connectivity index (χ3n) is 1.93. The molecule has 6 heteroatoms. The van der Waals surface area contributed by atoms with Crippen molar-refractivity contribution in [2.75, 3.05) is 0 Å². The highest BCUT2D eigenvalue weighted by Crippen LogP contribution is 2.27. The predicted octanol–water partition coefficient (Wildman–Crippen LogP) is 3.02. The summed E-state index contributed by atoms with van der Waals surface area (Å²) in [5.74, 6) is 0. The maximum atomic E-state index is 12.6. The summed E-state index contributed by atoms with van der Waals surface area (Å²) in [5.41, 5.74) is -0.956. The maximum absolute atomic E-state index is 12.6. The van der Waals surface area contributed by atoms with E-state index in [0.717, 1.165) is 0 Å². The number of pyridine rings is 1. The standard InChI is InChI=1S/C9H6ClF3N2/c10-9-6(2-12)5(1-11)7(3-13)15-8(9)4-14/h1-3H2. The summed E-state index contributed by atoms with van der Waals surface area (Å²) in [5, 5.41) is 8.34. The fourth-order valence-electron chi connectivity index (χ4n) is 1.18. The van der Waals surface area contributed by atoms with Crippen LogP contribution >= 0.6 is 11.6 Å². The topological polar surface area (TPSA) is 36.7 Å². The quantitative estimate of drug-likeness (QED) is 0.806. The molecule has 0 bridgehead atoms. The first-order valence-corrected chi connectivity index (χ1v) is 4.35. The number of nitriles is 1. The van der Waals surface area contributed by atoms with E-state index in [4.69, 9.17) is 16.9 Å². The second-order valence-electron chi connectivity index (χ2n) is 2.69. The molecule has 1 aromatic heterocycles. The van der Waals surface area contributed by atoms with Crippen molar-refractivity contribution in [2.24, 2.45) is 0 Å². The number of rotatable bonds is 3. The molecule has 0 radical (unpaired) electrons. The summed E-state index contributed by atoms with van der Waals surface area (Å²) in [4.78, 5) is 3.51. The molecule has 1 rings (SSSR count). The Balaban J connectivity index is 3.51. The first-order valence-electron chi connectivity index (χ1n) is 3.97. The molecule has 0 spiro atoms. The molecule has 0 fully saturated rings. The molecule has 1 aromatic rings. The van der Waals surface area contributed by atoms with Crippen LogP contribution < -0.4 is 0 Å². The molecule has 1 heterocycles. The molecule has 0 amide bonds. The number of hydrogen-bond donors (Lipinski definition) is 0. The minimum atomic E-state index is -1.06. The number of hydrogen-bond acceptors (Lipinski definition) is 2. The zero-order chi connectivity index (χ0) is 11.4. The minimum absolute atomic E-state index is 0.196. The number of halogens is 4. The van der Waals surface area contributed by atoms with Gasteiger partial charge in [-0.1, -0.05) is 11.6 Å². The Kier molecular flexibility index (Phi) is 3.92. The van der Waals surface area contributed by atoms with Crippen LogP contribution in [0, 0.1) is 11.3 Å². The first kappa shape index (κ1) is 11.8. The van der Waals surface area contributed by atoms with E-state index in [1.54, 1.807) is 6.07 Å². The Labute approximate surface area is 89.3 Å². The van der Waals surface area contributed by atoms with Crippen LogP contribution in [0.4, 0.5) is 13.2 Å². The van der Waals surface area contributed by atoms with Crippen molar-refractivity contribution >= 4 is 11.6 Å². The van der Waals surface area contributed by atoms with Gasteiger partial charge in [0.25, 0.3) is 0 Å². The highest BCUT2D eigenvalue weighted by molar-refractivity contribution is 6.32. The highest BCUT2D eigenvalue weighted by atomic mass is 35.5. The Bertz CT molecular complexity index is 415. The highest BCUT2D eigenvalue weighted by Gasteiger charge is 2.18. The van der Waals surface area contributed by atoms with Crippen LogP contribution in [0.25, 0.3) is 0 Å². The van der Waals surface area contributed by atoms with Gasteiger partial charge >= 0.3 is 0 Å². The maximum Gasteiger partial charge on any atom is 0.159 e. The van der Waals surface area contributed by atoms with Gasteiger partial charge in [-0.25, -0.2) is 18.2 Å². The number of aromatic nitrogens is 1. The predicted molar refractivity (Wildman–Crippen MR) is 48.4 cm³/mol. The van der Waals surface area contributed by atoms with Gasteiger partial charge in [0.1, 0.15) is 26.1 Å². The lowest BCUT2D eigenvalue weighted by atomic mass is 10.1. The third-order valence-corrected chi connectivity index (χ3v) is 2.34. The van der Waals surface area contributed by atoms with Gasteiger partial charge in [0, 0.05) is 11.1 Å². The van der Waals surface area contributed by atoms with Crippen molar-refractivity contribution < 1.29 is 13.2 Å². The van der Waals surface area contributed by atoms with E-state index in [2.05, 4.69) is 4.98 Å². The van der Waals surface area contributed by atoms with Crippen molar-refractivity contribution in [3.8, 4) is 6.07 Å². The molecule has 0 N–H and O–H groups in total. The van der Waals surface area contributed by atoms with Gasteiger partial charge in [0.2, 0.25) is 0 Å². The molecule has 0 aromatic carbocycles. The molecule has 2 nitrogen and oxygen atoms in total. The summed E-state index contributed by atoms with van der Waals surface area (Å²) in [6.07, 6.45) is 0. The molecule has 0 aliphatic rings. The van der Waals surface area contributed by atoms with Crippen LogP contribution in [0.5, 0.6) is 0 Å². The zero-order valence-corrected chi connectivity index (χ0v) is 8.28. The molecule has 0 atom stereocenters. The van der Waals surface area contributed by atoms with E-state index in [9.17, 15) is 13.2 Å². The second-order valence-corrected chi connectivity index (χ2v) is 3.07. The summed E-state index contributed by atoms with van der Waals surface area (Å²) < 4.78 is 37.5. The van der Waals surface area contributed by atoms with Crippen molar-refractivity contribution in [1.29, 1.82) is 5.26 Å². The molecule has 0 saturated heterocycles. The fourth-order valence-corrected chi connectivity index (χ4v) is 1.43. The summed E-state index contributed by atoms with van der Waals surface area (Å²) in [7, 11) is 0. The van der Waals surface area contributed by atoms with Crippen molar-refractivity contribution in [1.82, 2.24) is 4.98 Å². The molecular weight excluding hydrogens is 229 g/mol. The summed E-state index contributed by atoms with van der Waals surface area (Å²) in [6.45, 7) is -3.17. The zero-order valence-electron chi connectivity index (χ0n) is 7.53. The third kappa shape index (κ3) is 2.05. The van der Waals surface area contributed by atoms with E-state index < -0.39 is 20.0 Å². The van der Waals surface area contributed by atoms with Crippen LogP contribution in [0.15, 0.2) is 0 Å². The minimum Gasteiger partial charge on any atom is -0.246 e. The molecule has 80 valence electrons. The smallest absolute Gasteiger partial charge is 0.159 e. The van der Waals surface area contributed by atoms with Crippen LogP contribution in [0.2, 0.25) is 5.02 Å². The van der Waals surface area contributed by atoms with Crippen molar-refractivity contribution in [3.05, 3.63) is 27.5 Å². The monoisotopic (exact) mass is 234 g/mol.